The third kappa shape index (κ3) is 3.84. The largest absolute Gasteiger partial charge is 0.269 e. The first-order chi connectivity index (χ1) is 9.60. The number of thioether (sulfide) groups is 1. The lowest BCUT2D eigenvalue weighted by atomic mass is 10.0. The quantitative estimate of drug-likeness (QED) is 0.329. The van der Waals surface area contributed by atoms with Gasteiger partial charge in [-0.3, -0.25) is 10.1 Å². The van der Waals surface area contributed by atoms with Crippen LogP contribution in [0.25, 0.3) is 0 Å². The van der Waals surface area contributed by atoms with Gasteiger partial charge in [0.1, 0.15) is 0 Å². The minimum atomic E-state index is -0.378. The van der Waals surface area contributed by atoms with Crippen molar-refractivity contribution in [2.45, 2.75) is 16.1 Å². The second-order valence-electron chi connectivity index (χ2n) is 4.37. The molecule has 1 unspecified atom stereocenters. The van der Waals surface area contributed by atoms with Crippen LogP contribution in [-0.2, 0) is 6.42 Å². The van der Waals surface area contributed by atoms with Gasteiger partial charge in [-0.25, -0.2) is 0 Å². The number of benzene rings is 2. The number of nitro benzene ring substituents is 1. The molecule has 0 radical (unpaired) electrons. The lowest BCUT2D eigenvalue weighted by molar-refractivity contribution is -0.384. The van der Waals surface area contributed by atoms with Crippen LogP contribution in [0.5, 0.6) is 0 Å². The highest BCUT2D eigenvalue weighted by atomic mass is 79.9. The molecule has 5 heteroatoms. The minimum absolute atomic E-state index is 0.129. The van der Waals surface area contributed by atoms with Gasteiger partial charge in [0.05, 0.1) is 4.92 Å². The molecule has 0 saturated carbocycles. The van der Waals surface area contributed by atoms with Crippen LogP contribution in [0.3, 0.4) is 0 Å². The SMILES string of the molecule is CSc1ccc(C(Br)Cc2ccc([N+](=O)[O-])cc2)cc1. The number of nitrogens with zero attached hydrogens (tertiary/aromatic N) is 1. The van der Waals surface area contributed by atoms with Crippen molar-refractivity contribution >= 4 is 33.4 Å². The van der Waals surface area contributed by atoms with Crippen LogP contribution in [-0.4, -0.2) is 11.2 Å². The zero-order chi connectivity index (χ0) is 14.5. The maximum absolute atomic E-state index is 10.6. The Kier molecular flexibility index (Phi) is 5.20. The summed E-state index contributed by atoms with van der Waals surface area (Å²) in [6.45, 7) is 0. The van der Waals surface area contributed by atoms with Crippen molar-refractivity contribution in [3.8, 4) is 0 Å². The first-order valence-corrected chi connectivity index (χ1v) is 8.25. The average molecular weight is 352 g/mol. The number of nitro groups is 1. The molecule has 0 heterocycles. The van der Waals surface area contributed by atoms with E-state index in [1.165, 1.54) is 10.5 Å². The zero-order valence-electron chi connectivity index (χ0n) is 11.0. The fraction of sp³-hybridized carbons (Fsp3) is 0.200. The molecule has 0 aliphatic heterocycles. The van der Waals surface area contributed by atoms with E-state index in [0.29, 0.717) is 0 Å². The van der Waals surface area contributed by atoms with Gasteiger partial charge in [-0.2, -0.15) is 0 Å². The summed E-state index contributed by atoms with van der Waals surface area (Å²) in [6.07, 6.45) is 2.86. The van der Waals surface area contributed by atoms with Gasteiger partial charge in [0.2, 0.25) is 0 Å². The van der Waals surface area contributed by atoms with Crippen molar-refractivity contribution in [2.75, 3.05) is 6.26 Å². The highest BCUT2D eigenvalue weighted by Gasteiger charge is 2.10. The number of rotatable bonds is 5. The van der Waals surface area contributed by atoms with Crippen LogP contribution in [0, 0.1) is 10.1 Å². The molecule has 2 aromatic carbocycles. The van der Waals surface area contributed by atoms with Crippen LogP contribution >= 0.6 is 27.7 Å². The van der Waals surface area contributed by atoms with Gasteiger partial charge in [0, 0.05) is 21.9 Å². The Balaban J connectivity index is 2.06. The highest BCUT2D eigenvalue weighted by Crippen LogP contribution is 2.29. The smallest absolute Gasteiger partial charge is 0.258 e. The Morgan fingerprint density at radius 2 is 1.75 bits per heavy atom. The summed E-state index contributed by atoms with van der Waals surface area (Å²) in [5, 5.41) is 10.6. The van der Waals surface area contributed by atoms with Crippen LogP contribution < -0.4 is 0 Å². The van der Waals surface area contributed by atoms with Gasteiger partial charge in [0.25, 0.3) is 5.69 Å². The molecular formula is C15H14BrNO2S. The van der Waals surface area contributed by atoms with Crippen molar-refractivity contribution in [2.24, 2.45) is 0 Å². The molecule has 1 atom stereocenters. The Morgan fingerprint density at radius 1 is 1.15 bits per heavy atom. The number of hydrogen-bond donors (Lipinski definition) is 0. The molecule has 3 nitrogen and oxygen atoms in total. The maximum Gasteiger partial charge on any atom is 0.269 e. The third-order valence-electron chi connectivity index (χ3n) is 3.04. The Morgan fingerprint density at radius 3 is 2.25 bits per heavy atom. The molecule has 2 aromatic rings. The Hall–Kier alpha value is -1.33. The van der Waals surface area contributed by atoms with E-state index in [2.05, 4.69) is 46.5 Å². The average Bonchev–Trinajstić information content (AvgIpc) is 2.48. The number of halogens is 1. The second-order valence-corrected chi connectivity index (χ2v) is 6.35. The van der Waals surface area contributed by atoms with E-state index in [-0.39, 0.29) is 15.4 Å². The maximum atomic E-state index is 10.6. The Labute approximate surface area is 130 Å². The summed E-state index contributed by atoms with van der Waals surface area (Å²) < 4.78 is 0. The summed E-state index contributed by atoms with van der Waals surface area (Å²) in [4.78, 5) is 11.7. The number of non-ortho nitro benzene ring substituents is 1. The highest BCUT2D eigenvalue weighted by molar-refractivity contribution is 9.09. The minimum Gasteiger partial charge on any atom is -0.258 e. The lowest BCUT2D eigenvalue weighted by Gasteiger charge is -2.10. The van der Waals surface area contributed by atoms with E-state index in [1.807, 2.05) is 12.1 Å². The predicted octanol–water partition coefficient (Wildman–Crippen LogP) is 5.00. The molecule has 0 aromatic heterocycles. The van der Waals surface area contributed by atoms with Crippen LogP contribution in [0.2, 0.25) is 0 Å². The first-order valence-electron chi connectivity index (χ1n) is 6.11. The fourth-order valence-corrected chi connectivity index (χ4v) is 2.98. The van der Waals surface area contributed by atoms with E-state index in [4.69, 9.17) is 0 Å². The van der Waals surface area contributed by atoms with Crippen molar-refractivity contribution < 1.29 is 4.92 Å². The summed E-state index contributed by atoms with van der Waals surface area (Å²) in [7, 11) is 0. The van der Waals surface area contributed by atoms with Crippen molar-refractivity contribution in [3.63, 3.8) is 0 Å². The van der Waals surface area contributed by atoms with Gasteiger partial charge in [-0.1, -0.05) is 40.2 Å². The molecule has 0 spiro atoms. The Bertz CT molecular complexity index is 584. The third-order valence-corrected chi connectivity index (χ3v) is 4.64. The normalized spacial score (nSPS) is 12.1. The van der Waals surface area contributed by atoms with Crippen molar-refractivity contribution in [1.29, 1.82) is 0 Å². The molecule has 0 aliphatic carbocycles. The molecule has 0 fully saturated rings. The van der Waals surface area contributed by atoms with Crippen LogP contribution in [0.1, 0.15) is 16.0 Å². The molecule has 0 saturated heterocycles. The summed E-state index contributed by atoms with van der Waals surface area (Å²) in [6, 6.07) is 15.1. The topological polar surface area (TPSA) is 43.1 Å². The fourth-order valence-electron chi connectivity index (χ4n) is 1.89. The van der Waals surface area contributed by atoms with Gasteiger partial charge >= 0.3 is 0 Å². The van der Waals surface area contributed by atoms with Gasteiger partial charge in [-0.15, -0.1) is 11.8 Å². The molecule has 0 amide bonds. The van der Waals surface area contributed by atoms with E-state index in [0.717, 1.165) is 12.0 Å². The molecule has 104 valence electrons. The molecule has 0 aliphatic rings. The first kappa shape index (κ1) is 15.1. The lowest BCUT2D eigenvalue weighted by Crippen LogP contribution is -1.96. The zero-order valence-corrected chi connectivity index (χ0v) is 13.4. The van der Waals surface area contributed by atoms with Gasteiger partial charge in [-0.05, 0) is 35.9 Å². The molecular weight excluding hydrogens is 338 g/mol. The van der Waals surface area contributed by atoms with Crippen LogP contribution in [0.15, 0.2) is 53.4 Å². The molecule has 2 rings (SSSR count). The van der Waals surface area contributed by atoms with Crippen molar-refractivity contribution in [3.05, 3.63) is 69.8 Å². The number of alkyl halides is 1. The van der Waals surface area contributed by atoms with E-state index >= 15 is 0 Å². The molecule has 0 bridgehead atoms. The summed E-state index contributed by atoms with van der Waals surface area (Å²) >= 11 is 5.39. The monoisotopic (exact) mass is 351 g/mol. The number of hydrogen-bond acceptors (Lipinski definition) is 3. The predicted molar refractivity (Wildman–Crippen MR) is 86.7 cm³/mol. The van der Waals surface area contributed by atoms with E-state index < -0.39 is 0 Å². The molecule has 20 heavy (non-hydrogen) atoms. The van der Waals surface area contributed by atoms with E-state index in [1.54, 1.807) is 23.9 Å². The summed E-state index contributed by atoms with van der Waals surface area (Å²) in [5.74, 6) is 0. The van der Waals surface area contributed by atoms with Crippen LogP contribution in [0.4, 0.5) is 5.69 Å². The van der Waals surface area contributed by atoms with Crippen molar-refractivity contribution in [1.82, 2.24) is 0 Å². The van der Waals surface area contributed by atoms with Gasteiger partial charge in [0.15, 0.2) is 0 Å². The van der Waals surface area contributed by atoms with Gasteiger partial charge < -0.3 is 0 Å². The summed E-state index contributed by atoms with van der Waals surface area (Å²) in [5.41, 5.74) is 2.41. The van der Waals surface area contributed by atoms with E-state index in [9.17, 15) is 10.1 Å². The standard InChI is InChI=1S/C15H14BrNO2S/c1-20-14-8-4-12(5-9-14)15(16)10-11-2-6-13(7-3-11)17(18)19/h2-9,15H,10H2,1H3. The molecule has 0 N–H and O–H groups in total. The second kappa shape index (κ2) is 6.90.